The molecule has 6 heteroatoms. The number of amides is 1. The summed E-state index contributed by atoms with van der Waals surface area (Å²) in [6, 6.07) is 18.9. The molecule has 1 aliphatic heterocycles. The first-order valence-electron chi connectivity index (χ1n) is 10.4. The summed E-state index contributed by atoms with van der Waals surface area (Å²) >= 11 is 0. The maximum atomic E-state index is 12.4. The Kier molecular flexibility index (Phi) is 5.93. The van der Waals surface area contributed by atoms with Gasteiger partial charge in [-0.05, 0) is 56.5 Å². The van der Waals surface area contributed by atoms with Gasteiger partial charge in [-0.3, -0.25) is 9.59 Å². The highest BCUT2D eigenvalue weighted by atomic mass is 16.2. The lowest BCUT2D eigenvalue weighted by Crippen LogP contribution is -2.29. The summed E-state index contributed by atoms with van der Waals surface area (Å²) < 4.78 is 1.21. The second-order valence-corrected chi connectivity index (χ2v) is 7.72. The minimum Gasteiger partial charge on any atom is -0.372 e. The molecule has 2 aromatic carbocycles. The maximum absolute atomic E-state index is 12.4. The van der Waals surface area contributed by atoms with E-state index in [4.69, 9.17) is 0 Å². The Hall–Kier alpha value is -3.41. The lowest BCUT2D eigenvalue weighted by Gasteiger charge is -2.28. The van der Waals surface area contributed by atoms with Crippen molar-refractivity contribution in [2.75, 3.05) is 23.3 Å². The van der Waals surface area contributed by atoms with Gasteiger partial charge >= 0.3 is 0 Å². The molecule has 0 unspecified atom stereocenters. The third-order valence-electron chi connectivity index (χ3n) is 5.38. The molecule has 0 aliphatic carbocycles. The standard InChI is InChI=1S/C24H26N4O2/c1-18-5-9-20(10-6-18)25-23(29)17-28-24(30)14-13-22(26-28)19-7-11-21(12-8-19)27-15-3-2-4-16-27/h5-14H,2-4,15-17H2,1H3,(H,25,29). The second kappa shape index (κ2) is 8.95. The smallest absolute Gasteiger partial charge is 0.267 e. The van der Waals surface area contributed by atoms with E-state index in [0.717, 1.165) is 24.2 Å². The number of piperidine rings is 1. The van der Waals surface area contributed by atoms with Crippen molar-refractivity contribution in [3.05, 3.63) is 76.6 Å². The average Bonchev–Trinajstić information content (AvgIpc) is 2.78. The van der Waals surface area contributed by atoms with Crippen molar-refractivity contribution in [1.82, 2.24) is 9.78 Å². The van der Waals surface area contributed by atoms with Crippen LogP contribution in [0.3, 0.4) is 0 Å². The average molecular weight is 402 g/mol. The number of nitrogens with zero attached hydrogens (tertiary/aromatic N) is 3. The molecule has 0 atom stereocenters. The lowest BCUT2D eigenvalue weighted by molar-refractivity contribution is -0.117. The Balaban J connectivity index is 1.47. The van der Waals surface area contributed by atoms with Crippen molar-refractivity contribution < 1.29 is 4.79 Å². The van der Waals surface area contributed by atoms with Crippen LogP contribution in [0, 0.1) is 6.92 Å². The fourth-order valence-corrected chi connectivity index (χ4v) is 3.68. The first-order valence-corrected chi connectivity index (χ1v) is 10.4. The molecule has 6 nitrogen and oxygen atoms in total. The van der Waals surface area contributed by atoms with E-state index in [1.807, 2.05) is 43.3 Å². The fraction of sp³-hybridized carbons (Fsp3) is 0.292. The van der Waals surface area contributed by atoms with Crippen LogP contribution in [0.15, 0.2) is 65.5 Å². The number of carbonyl (C=O) groups excluding carboxylic acids is 1. The number of benzene rings is 2. The van der Waals surface area contributed by atoms with E-state index in [2.05, 4.69) is 27.4 Å². The van der Waals surface area contributed by atoms with Crippen LogP contribution in [-0.4, -0.2) is 28.8 Å². The quantitative estimate of drug-likeness (QED) is 0.704. The molecule has 1 aliphatic rings. The molecule has 1 saturated heterocycles. The number of aromatic nitrogens is 2. The zero-order chi connectivity index (χ0) is 20.9. The molecular weight excluding hydrogens is 376 g/mol. The van der Waals surface area contributed by atoms with E-state index in [1.54, 1.807) is 6.07 Å². The van der Waals surface area contributed by atoms with Crippen molar-refractivity contribution >= 4 is 17.3 Å². The number of carbonyl (C=O) groups is 1. The molecule has 3 aromatic rings. The van der Waals surface area contributed by atoms with Gasteiger partial charge in [-0.2, -0.15) is 5.10 Å². The maximum Gasteiger partial charge on any atom is 0.267 e. The van der Waals surface area contributed by atoms with Crippen LogP contribution in [0.25, 0.3) is 11.3 Å². The van der Waals surface area contributed by atoms with Crippen molar-refractivity contribution in [2.24, 2.45) is 0 Å². The van der Waals surface area contributed by atoms with Crippen LogP contribution in [0.5, 0.6) is 0 Å². The number of rotatable bonds is 5. The van der Waals surface area contributed by atoms with Gasteiger partial charge < -0.3 is 10.2 Å². The monoisotopic (exact) mass is 402 g/mol. The highest BCUT2D eigenvalue weighted by Gasteiger charge is 2.12. The van der Waals surface area contributed by atoms with Crippen LogP contribution in [-0.2, 0) is 11.3 Å². The van der Waals surface area contributed by atoms with Crippen molar-refractivity contribution in [3.63, 3.8) is 0 Å². The second-order valence-electron chi connectivity index (χ2n) is 7.72. The number of anilines is 2. The van der Waals surface area contributed by atoms with Crippen LogP contribution < -0.4 is 15.8 Å². The molecule has 30 heavy (non-hydrogen) atoms. The van der Waals surface area contributed by atoms with Crippen LogP contribution >= 0.6 is 0 Å². The third kappa shape index (κ3) is 4.76. The number of nitrogens with one attached hydrogen (secondary N) is 1. The Morgan fingerprint density at radius 1 is 0.933 bits per heavy atom. The minimum atomic E-state index is -0.303. The lowest BCUT2D eigenvalue weighted by atomic mass is 10.1. The molecule has 0 saturated carbocycles. The number of aryl methyl sites for hydroxylation is 1. The highest BCUT2D eigenvalue weighted by Crippen LogP contribution is 2.23. The molecule has 0 spiro atoms. The SMILES string of the molecule is Cc1ccc(NC(=O)Cn2nc(-c3ccc(N4CCCCC4)cc3)ccc2=O)cc1. The zero-order valence-corrected chi connectivity index (χ0v) is 17.2. The van der Waals surface area contributed by atoms with E-state index < -0.39 is 0 Å². The van der Waals surface area contributed by atoms with Gasteiger partial charge in [-0.1, -0.05) is 29.8 Å². The Labute approximate surface area is 176 Å². The van der Waals surface area contributed by atoms with E-state index in [0.29, 0.717) is 11.4 Å². The van der Waals surface area contributed by atoms with E-state index in [1.165, 1.54) is 35.7 Å². The van der Waals surface area contributed by atoms with Gasteiger partial charge in [-0.25, -0.2) is 4.68 Å². The summed E-state index contributed by atoms with van der Waals surface area (Å²) in [4.78, 5) is 27.0. The van der Waals surface area contributed by atoms with E-state index in [9.17, 15) is 9.59 Å². The Morgan fingerprint density at radius 2 is 1.63 bits per heavy atom. The molecule has 1 aromatic heterocycles. The van der Waals surface area contributed by atoms with E-state index in [-0.39, 0.29) is 18.0 Å². The molecule has 0 bridgehead atoms. The molecule has 2 heterocycles. The van der Waals surface area contributed by atoms with Gasteiger partial charge in [0.1, 0.15) is 6.54 Å². The molecule has 4 rings (SSSR count). The Morgan fingerprint density at radius 3 is 2.33 bits per heavy atom. The Bertz CT molecular complexity index is 1070. The summed E-state index contributed by atoms with van der Waals surface area (Å²) in [6.07, 6.45) is 3.77. The fourth-order valence-electron chi connectivity index (χ4n) is 3.68. The summed E-state index contributed by atoms with van der Waals surface area (Å²) in [5, 5.41) is 7.21. The number of hydrogen-bond acceptors (Lipinski definition) is 4. The largest absolute Gasteiger partial charge is 0.372 e. The topological polar surface area (TPSA) is 67.2 Å². The van der Waals surface area contributed by atoms with Gasteiger partial charge in [0.2, 0.25) is 5.91 Å². The van der Waals surface area contributed by atoms with Crippen molar-refractivity contribution in [2.45, 2.75) is 32.7 Å². The summed E-state index contributed by atoms with van der Waals surface area (Å²) in [7, 11) is 0. The van der Waals surface area contributed by atoms with Crippen LogP contribution in [0.4, 0.5) is 11.4 Å². The van der Waals surface area contributed by atoms with Gasteiger partial charge in [0.25, 0.3) is 5.56 Å². The van der Waals surface area contributed by atoms with Gasteiger partial charge in [0.05, 0.1) is 5.69 Å². The number of hydrogen-bond donors (Lipinski definition) is 1. The van der Waals surface area contributed by atoms with E-state index >= 15 is 0 Å². The predicted octanol–water partition coefficient (Wildman–Crippen LogP) is 3.85. The zero-order valence-electron chi connectivity index (χ0n) is 17.2. The van der Waals surface area contributed by atoms with Crippen molar-refractivity contribution in [3.8, 4) is 11.3 Å². The summed E-state index contributed by atoms with van der Waals surface area (Å²) in [5.41, 5.74) is 4.31. The minimum absolute atomic E-state index is 0.133. The van der Waals surface area contributed by atoms with Crippen LogP contribution in [0.1, 0.15) is 24.8 Å². The molecule has 154 valence electrons. The summed E-state index contributed by atoms with van der Waals surface area (Å²) in [6.45, 7) is 4.04. The highest BCUT2D eigenvalue weighted by molar-refractivity contribution is 5.90. The first kappa shape index (κ1) is 19.9. The van der Waals surface area contributed by atoms with Gasteiger partial charge in [0, 0.05) is 36.1 Å². The third-order valence-corrected chi connectivity index (χ3v) is 5.38. The molecular formula is C24H26N4O2. The van der Waals surface area contributed by atoms with Gasteiger partial charge in [-0.15, -0.1) is 0 Å². The molecule has 1 amide bonds. The predicted molar refractivity (Wildman–Crippen MR) is 120 cm³/mol. The first-order chi connectivity index (χ1) is 14.6. The molecule has 1 fully saturated rings. The normalized spacial score (nSPS) is 13.8. The van der Waals surface area contributed by atoms with Gasteiger partial charge in [0.15, 0.2) is 0 Å². The van der Waals surface area contributed by atoms with Crippen LogP contribution in [0.2, 0.25) is 0 Å². The molecule has 0 radical (unpaired) electrons. The molecule has 1 N–H and O–H groups in total. The van der Waals surface area contributed by atoms with Crippen molar-refractivity contribution in [1.29, 1.82) is 0 Å². The summed E-state index contributed by atoms with van der Waals surface area (Å²) in [5.74, 6) is -0.286.